The fourth-order valence-corrected chi connectivity index (χ4v) is 1.62. The number of likely N-dealkylation sites (N-methyl/N-ethyl adjacent to an activating group) is 1. The Hall–Kier alpha value is -1.89. The number of hydrogen-bond acceptors (Lipinski definition) is 5. The summed E-state index contributed by atoms with van der Waals surface area (Å²) in [6.07, 6.45) is 0. The van der Waals surface area contributed by atoms with Crippen LogP contribution in [0.5, 0.6) is 0 Å². The highest BCUT2D eigenvalue weighted by molar-refractivity contribution is 6.64. The molecule has 1 saturated heterocycles. The van der Waals surface area contributed by atoms with Crippen LogP contribution in [0.2, 0.25) is 0 Å². The van der Waals surface area contributed by atoms with Gasteiger partial charge in [0.15, 0.2) is 0 Å². The van der Waals surface area contributed by atoms with Crippen molar-refractivity contribution in [2.75, 3.05) is 20.1 Å². The Balaban J connectivity index is 2.20. The molecule has 0 spiro atoms. The summed E-state index contributed by atoms with van der Waals surface area (Å²) in [5.41, 5.74) is 0.293. The molecule has 1 fully saturated rings. The third-order valence-electron chi connectivity index (χ3n) is 2.40. The van der Waals surface area contributed by atoms with Crippen molar-refractivity contribution in [3.8, 4) is 0 Å². The lowest BCUT2D eigenvalue weighted by atomic mass is 9.78. The van der Waals surface area contributed by atoms with E-state index in [0.717, 1.165) is 6.07 Å². The van der Waals surface area contributed by atoms with Crippen LogP contribution in [0.4, 0.5) is 4.39 Å². The van der Waals surface area contributed by atoms with Gasteiger partial charge >= 0.3 is 19.1 Å². The van der Waals surface area contributed by atoms with E-state index in [0.29, 0.717) is 5.46 Å². The fourth-order valence-electron chi connectivity index (χ4n) is 1.62. The summed E-state index contributed by atoms with van der Waals surface area (Å²) in [6.45, 7) is -0.0260. The Morgan fingerprint density at radius 1 is 1.22 bits per heavy atom. The van der Waals surface area contributed by atoms with E-state index >= 15 is 0 Å². The van der Waals surface area contributed by atoms with Gasteiger partial charge in [-0.25, -0.2) is 4.39 Å². The van der Waals surface area contributed by atoms with Crippen molar-refractivity contribution < 1.29 is 23.3 Å². The zero-order chi connectivity index (χ0) is 13.1. The van der Waals surface area contributed by atoms with Crippen molar-refractivity contribution in [3.05, 3.63) is 30.1 Å². The minimum Gasteiger partial charge on any atom is -0.494 e. The van der Waals surface area contributed by atoms with Crippen LogP contribution in [-0.4, -0.2) is 44.1 Å². The zero-order valence-corrected chi connectivity index (χ0v) is 9.76. The lowest BCUT2D eigenvalue weighted by Crippen LogP contribution is -2.47. The van der Waals surface area contributed by atoms with E-state index in [-0.39, 0.29) is 13.1 Å². The first-order valence-electron chi connectivity index (χ1n) is 5.37. The predicted octanol–water partition coefficient (Wildman–Crippen LogP) is -0.447. The van der Waals surface area contributed by atoms with Crippen molar-refractivity contribution in [2.45, 2.75) is 0 Å². The third-order valence-corrected chi connectivity index (χ3v) is 2.40. The van der Waals surface area contributed by atoms with Crippen LogP contribution in [0.1, 0.15) is 0 Å². The molecule has 0 unspecified atom stereocenters. The van der Waals surface area contributed by atoms with Crippen molar-refractivity contribution in [3.63, 3.8) is 0 Å². The van der Waals surface area contributed by atoms with Gasteiger partial charge in [-0.05, 0) is 19.2 Å². The van der Waals surface area contributed by atoms with E-state index in [1.165, 1.54) is 23.1 Å². The number of nitrogens with zero attached hydrogens (tertiary/aromatic N) is 1. The van der Waals surface area contributed by atoms with Crippen LogP contribution < -0.4 is 5.46 Å². The molecule has 0 bridgehead atoms. The van der Waals surface area contributed by atoms with Crippen LogP contribution in [-0.2, 0) is 18.9 Å². The van der Waals surface area contributed by atoms with Gasteiger partial charge in [0, 0.05) is 5.46 Å². The molecule has 0 atom stereocenters. The van der Waals surface area contributed by atoms with Gasteiger partial charge in [-0.15, -0.1) is 0 Å². The topological polar surface area (TPSA) is 55.8 Å². The van der Waals surface area contributed by atoms with E-state index < -0.39 is 24.9 Å². The Labute approximate surface area is 104 Å². The summed E-state index contributed by atoms with van der Waals surface area (Å²) in [5.74, 6) is -1.54. The number of halogens is 1. The van der Waals surface area contributed by atoms with E-state index in [1.807, 2.05) is 0 Å². The van der Waals surface area contributed by atoms with E-state index in [2.05, 4.69) is 0 Å². The Bertz CT molecular complexity index is 462. The van der Waals surface area contributed by atoms with Crippen LogP contribution in [0.25, 0.3) is 0 Å². The normalized spacial score (nSPS) is 17.8. The lowest BCUT2D eigenvalue weighted by molar-refractivity contribution is -0.145. The Morgan fingerprint density at radius 3 is 2.39 bits per heavy atom. The molecule has 1 heterocycles. The molecule has 0 amide bonds. The minimum atomic E-state index is -1.19. The standard InChI is InChI=1S/C11H11BFNO4/c1-14-6-10(15)17-12(18-11(16)7-14)8-3-2-4-9(13)5-8/h2-5H,6-7H2,1H3. The molecule has 0 N–H and O–H groups in total. The molecule has 5 nitrogen and oxygen atoms in total. The molecule has 2 rings (SSSR count). The Morgan fingerprint density at radius 2 is 1.83 bits per heavy atom. The summed E-state index contributed by atoms with van der Waals surface area (Å²) in [6, 6.07) is 5.40. The van der Waals surface area contributed by atoms with Gasteiger partial charge < -0.3 is 9.31 Å². The zero-order valence-electron chi connectivity index (χ0n) is 9.76. The van der Waals surface area contributed by atoms with Gasteiger partial charge in [-0.1, -0.05) is 12.1 Å². The molecule has 0 saturated carbocycles. The average molecular weight is 251 g/mol. The SMILES string of the molecule is CN1CC(=O)OB(c2cccc(F)c2)OC(=O)C1. The van der Waals surface area contributed by atoms with E-state index in [4.69, 9.17) is 9.31 Å². The third kappa shape index (κ3) is 3.07. The average Bonchev–Trinajstić information content (AvgIpc) is 2.25. The maximum atomic E-state index is 13.1. The highest BCUT2D eigenvalue weighted by Gasteiger charge is 2.33. The molecule has 1 aliphatic rings. The first-order valence-corrected chi connectivity index (χ1v) is 5.37. The maximum absolute atomic E-state index is 13.1. The summed E-state index contributed by atoms with van der Waals surface area (Å²) >= 11 is 0. The fraction of sp³-hybridized carbons (Fsp3) is 0.273. The van der Waals surface area contributed by atoms with Gasteiger partial charge in [0.2, 0.25) is 0 Å². The summed E-state index contributed by atoms with van der Waals surface area (Å²) in [7, 11) is 0.416. The number of carbonyl (C=O) groups excluding carboxylic acids is 2. The van der Waals surface area contributed by atoms with E-state index in [9.17, 15) is 14.0 Å². The quantitative estimate of drug-likeness (QED) is 0.633. The second-order valence-electron chi connectivity index (χ2n) is 4.04. The monoisotopic (exact) mass is 251 g/mol. The molecule has 18 heavy (non-hydrogen) atoms. The molecule has 1 aromatic rings. The molecule has 0 aliphatic carbocycles. The molecule has 7 heteroatoms. The molecule has 1 aromatic carbocycles. The maximum Gasteiger partial charge on any atom is 0.636 e. The predicted molar refractivity (Wildman–Crippen MR) is 61.5 cm³/mol. The molecule has 0 radical (unpaired) electrons. The van der Waals surface area contributed by atoms with Crippen molar-refractivity contribution in [1.29, 1.82) is 0 Å². The van der Waals surface area contributed by atoms with E-state index in [1.54, 1.807) is 7.05 Å². The van der Waals surface area contributed by atoms with Crippen molar-refractivity contribution in [2.24, 2.45) is 0 Å². The van der Waals surface area contributed by atoms with Crippen molar-refractivity contribution >= 4 is 24.5 Å². The second-order valence-corrected chi connectivity index (χ2v) is 4.04. The van der Waals surface area contributed by atoms with Crippen molar-refractivity contribution in [1.82, 2.24) is 4.90 Å². The van der Waals surface area contributed by atoms with Gasteiger partial charge in [-0.3, -0.25) is 14.5 Å². The second kappa shape index (κ2) is 5.18. The largest absolute Gasteiger partial charge is 0.636 e. The van der Waals surface area contributed by atoms with Crippen LogP contribution in [0.3, 0.4) is 0 Å². The molecule has 0 aromatic heterocycles. The first kappa shape index (κ1) is 12.6. The molecular weight excluding hydrogens is 240 g/mol. The number of rotatable bonds is 1. The molecule has 94 valence electrons. The van der Waals surface area contributed by atoms with Gasteiger partial charge in [0.25, 0.3) is 0 Å². The van der Waals surface area contributed by atoms with Crippen LogP contribution in [0, 0.1) is 5.82 Å². The molecular formula is C11H11BFNO4. The lowest BCUT2D eigenvalue weighted by Gasteiger charge is -2.22. The Kier molecular flexibility index (Phi) is 3.62. The number of hydrogen-bond donors (Lipinski definition) is 0. The van der Waals surface area contributed by atoms with Gasteiger partial charge in [-0.2, -0.15) is 0 Å². The minimum absolute atomic E-state index is 0.0130. The highest BCUT2D eigenvalue weighted by Crippen LogP contribution is 2.02. The summed E-state index contributed by atoms with van der Waals surface area (Å²) in [4.78, 5) is 24.4. The highest BCUT2D eigenvalue weighted by atomic mass is 19.1. The number of carbonyl (C=O) groups is 2. The first-order chi connectivity index (χ1) is 8.54. The van der Waals surface area contributed by atoms with Crippen LogP contribution in [0.15, 0.2) is 24.3 Å². The molecule has 1 aliphatic heterocycles. The van der Waals surface area contributed by atoms with Crippen LogP contribution >= 0.6 is 0 Å². The summed E-state index contributed by atoms with van der Waals surface area (Å²) < 4.78 is 23.0. The van der Waals surface area contributed by atoms with Gasteiger partial charge in [0.1, 0.15) is 5.82 Å². The smallest absolute Gasteiger partial charge is 0.494 e. The number of benzene rings is 1. The summed E-state index contributed by atoms with van der Waals surface area (Å²) in [5, 5.41) is 0. The van der Waals surface area contributed by atoms with Gasteiger partial charge in [0.05, 0.1) is 13.1 Å².